The Morgan fingerprint density at radius 2 is 1.69 bits per heavy atom. The predicted octanol–water partition coefficient (Wildman–Crippen LogP) is 5.04. The molecule has 29 heavy (non-hydrogen) atoms. The topological polar surface area (TPSA) is 67.9 Å². The van der Waals surface area contributed by atoms with Gasteiger partial charge < -0.3 is 4.90 Å². The van der Waals surface area contributed by atoms with Crippen molar-refractivity contribution in [1.82, 2.24) is 0 Å². The quantitative estimate of drug-likeness (QED) is 0.706. The molecule has 6 aliphatic carbocycles. The van der Waals surface area contributed by atoms with Crippen LogP contribution in [-0.2, 0) is 4.79 Å². The summed E-state index contributed by atoms with van der Waals surface area (Å²) in [7, 11) is 0. The summed E-state index contributed by atoms with van der Waals surface area (Å²) >= 11 is 0. The molecular weight excluding hydrogens is 365 g/mol. The van der Waals surface area contributed by atoms with E-state index in [1.807, 2.05) is 17.0 Å². The molecule has 150 valence electrons. The van der Waals surface area contributed by atoms with Gasteiger partial charge in [0.2, 0.25) is 5.91 Å². The Morgan fingerprint density at radius 1 is 1.03 bits per heavy atom. The van der Waals surface area contributed by atoms with Gasteiger partial charge in [-0.15, -0.1) is 0 Å². The van der Waals surface area contributed by atoms with E-state index < -0.39 is 5.67 Å². The molecule has 0 N–H and O–H groups in total. The fourth-order valence-corrected chi connectivity index (χ4v) is 6.54. The Kier molecular flexibility index (Phi) is 3.88. The third kappa shape index (κ3) is 2.94. The molecule has 7 rings (SSSR count). The first kappa shape index (κ1) is 18.6. The first-order valence-electron chi connectivity index (χ1n) is 10.7. The van der Waals surface area contributed by atoms with Crippen molar-refractivity contribution >= 4 is 11.6 Å². The van der Waals surface area contributed by atoms with Crippen LogP contribution in [0.5, 0.6) is 0 Å². The second-order valence-electron chi connectivity index (χ2n) is 10.4. The maximum Gasteiger partial charge on any atom is 0.227 e. The molecule has 4 bridgehead atoms. The highest BCUT2D eigenvalue weighted by atomic mass is 19.1. The smallest absolute Gasteiger partial charge is 0.227 e. The maximum absolute atomic E-state index is 14.0. The fourth-order valence-electron chi connectivity index (χ4n) is 6.54. The maximum atomic E-state index is 14.0. The van der Waals surface area contributed by atoms with Gasteiger partial charge in [-0.1, -0.05) is 6.07 Å². The normalized spacial score (nSPS) is 38.9. The minimum atomic E-state index is -1.00. The lowest BCUT2D eigenvalue weighted by Gasteiger charge is -2.66. The summed E-state index contributed by atoms with van der Waals surface area (Å²) in [6.45, 7) is 0.638. The third-order valence-electron chi connectivity index (χ3n) is 8.32. The van der Waals surface area contributed by atoms with Gasteiger partial charge in [0.15, 0.2) is 0 Å². The SMILES string of the molecule is N#Cc1cccc(N(CC23CCC(C#N)(CC2)CC3)C(=O)CC23CC(F)(C2)C3)c1. The molecule has 6 fully saturated rings. The average Bonchev–Trinajstić information content (AvgIpc) is 2.71. The highest BCUT2D eigenvalue weighted by Crippen LogP contribution is 2.71. The zero-order valence-electron chi connectivity index (χ0n) is 16.7. The number of halogens is 1. The van der Waals surface area contributed by atoms with Crippen LogP contribution in [0.15, 0.2) is 24.3 Å². The number of hydrogen-bond donors (Lipinski definition) is 0. The van der Waals surface area contributed by atoms with Crippen LogP contribution in [0.3, 0.4) is 0 Å². The molecule has 0 aromatic heterocycles. The first-order valence-corrected chi connectivity index (χ1v) is 10.7. The molecule has 0 radical (unpaired) electrons. The first-order chi connectivity index (χ1) is 13.8. The van der Waals surface area contributed by atoms with Crippen LogP contribution in [0.2, 0.25) is 0 Å². The zero-order valence-corrected chi connectivity index (χ0v) is 16.7. The number of nitrogens with zero attached hydrogens (tertiary/aromatic N) is 3. The van der Waals surface area contributed by atoms with E-state index in [0.717, 1.165) is 44.2 Å². The number of anilines is 1. The molecule has 0 heterocycles. The summed E-state index contributed by atoms with van der Waals surface area (Å²) in [4.78, 5) is 15.3. The molecule has 6 aliphatic rings. The lowest BCUT2D eigenvalue weighted by atomic mass is 9.41. The molecule has 0 spiro atoms. The Morgan fingerprint density at radius 3 is 2.24 bits per heavy atom. The highest BCUT2D eigenvalue weighted by Gasteiger charge is 2.69. The summed E-state index contributed by atoms with van der Waals surface area (Å²) in [5.41, 5.74) is 0.0761. The van der Waals surface area contributed by atoms with Crippen LogP contribution in [0.25, 0.3) is 0 Å². The van der Waals surface area contributed by atoms with E-state index >= 15 is 0 Å². The van der Waals surface area contributed by atoms with Crippen molar-refractivity contribution in [1.29, 1.82) is 10.5 Å². The lowest BCUT2D eigenvalue weighted by Crippen LogP contribution is -2.65. The number of nitriles is 2. The van der Waals surface area contributed by atoms with Gasteiger partial charge >= 0.3 is 0 Å². The largest absolute Gasteiger partial charge is 0.312 e. The van der Waals surface area contributed by atoms with Crippen LogP contribution in [0.1, 0.15) is 69.8 Å². The van der Waals surface area contributed by atoms with Crippen molar-refractivity contribution in [3.05, 3.63) is 29.8 Å². The minimum Gasteiger partial charge on any atom is -0.312 e. The average molecular weight is 391 g/mol. The third-order valence-corrected chi connectivity index (χ3v) is 8.32. The predicted molar refractivity (Wildman–Crippen MR) is 106 cm³/mol. The van der Waals surface area contributed by atoms with Crippen LogP contribution in [-0.4, -0.2) is 18.1 Å². The minimum absolute atomic E-state index is 0.0532. The van der Waals surface area contributed by atoms with Gasteiger partial charge in [0, 0.05) is 18.7 Å². The Balaban J connectivity index is 1.39. The summed E-state index contributed by atoms with van der Waals surface area (Å²) in [5, 5.41) is 18.9. The molecule has 1 amide bonds. The van der Waals surface area contributed by atoms with Crippen molar-refractivity contribution in [3.63, 3.8) is 0 Å². The molecule has 1 aromatic carbocycles. The van der Waals surface area contributed by atoms with E-state index in [9.17, 15) is 19.7 Å². The van der Waals surface area contributed by atoms with Crippen LogP contribution in [0.4, 0.5) is 10.1 Å². The van der Waals surface area contributed by atoms with Crippen LogP contribution in [0, 0.1) is 38.9 Å². The van der Waals surface area contributed by atoms with Crippen molar-refractivity contribution in [2.45, 2.75) is 69.9 Å². The number of carbonyl (C=O) groups is 1. The molecule has 0 unspecified atom stereocenters. The number of hydrogen-bond acceptors (Lipinski definition) is 3. The van der Waals surface area contributed by atoms with Gasteiger partial charge in [0.05, 0.1) is 23.1 Å². The van der Waals surface area contributed by atoms with Crippen molar-refractivity contribution in [2.24, 2.45) is 16.2 Å². The summed E-state index contributed by atoms with van der Waals surface area (Å²) in [6, 6.07) is 12.0. The standard InChI is InChI=1S/C24H26FN3O/c25-24-13-23(14-24,15-24)11-20(29)28(19-3-1-2-18(10-19)12-26)17-22-7-4-21(16-27,5-8-22)6-9-22/h1-3,10H,4-9,11,13-15,17H2. The molecule has 5 heteroatoms. The van der Waals surface area contributed by atoms with Gasteiger partial charge in [-0.3, -0.25) is 4.79 Å². The Hall–Kier alpha value is -2.40. The molecule has 1 aromatic rings. The van der Waals surface area contributed by atoms with E-state index in [0.29, 0.717) is 37.8 Å². The number of fused-ring (bicyclic) bond motifs is 3. The van der Waals surface area contributed by atoms with E-state index in [4.69, 9.17) is 0 Å². The van der Waals surface area contributed by atoms with Crippen LogP contribution < -0.4 is 4.90 Å². The van der Waals surface area contributed by atoms with Gasteiger partial charge in [0.1, 0.15) is 5.67 Å². The summed E-state index contributed by atoms with van der Waals surface area (Å²) in [6.07, 6.45) is 7.62. The van der Waals surface area contributed by atoms with E-state index in [1.54, 1.807) is 12.1 Å². The summed E-state index contributed by atoms with van der Waals surface area (Å²) in [5.74, 6) is 0.0545. The van der Waals surface area contributed by atoms with Crippen molar-refractivity contribution in [2.75, 3.05) is 11.4 Å². The van der Waals surface area contributed by atoms with Gasteiger partial charge in [-0.05, 0) is 86.8 Å². The zero-order chi connectivity index (χ0) is 20.3. The number of alkyl halides is 1. The monoisotopic (exact) mass is 391 g/mol. The van der Waals surface area contributed by atoms with Crippen molar-refractivity contribution in [3.8, 4) is 12.1 Å². The number of rotatable bonds is 5. The Labute approximate surface area is 171 Å². The van der Waals surface area contributed by atoms with Crippen molar-refractivity contribution < 1.29 is 9.18 Å². The second-order valence-corrected chi connectivity index (χ2v) is 10.4. The highest BCUT2D eigenvalue weighted by molar-refractivity contribution is 5.94. The van der Waals surface area contributed by atoms with E-state index in [-0.39, 0.29) is 22.2 Å². The molecule has 0 atom stereocenters. The number of carbonyl (C=O) groups excluding carboxylic acids is 1. The number of benzene rings is 1. The molecular formula is C24H26FN3O. The Bertz CT molecular complexity index is 911. The van der Waals surface area contributed by atoms with Gasteiger partial charge in [-0.25, -0.2) is 4.39 Å². The number of amides is 1. The van der Waals surface area contributed by atoms with Gasteiger partial charge in [0.25, 0.3) is 0 Å². The molecule has 6 saturated carbocycles. The second kappa shape index (κ2) is 6.05. The summed E-state index contributed by atoms with van der Waals surface area (Å²) < 4.78 is 14.0. The molecule has 4 nitrogen and oxygen atoms in total. The fraction of sp³-hybridized carbons (Fsp3) is 0.625. The van der Waals surface area contributed by atoms with Gasteiger partial charge in [-0.2, -0.15) is 10.5 Å². The van der Waals surface area contributed by atoms with Crippen LogP contribution >= 0.6 is 0 Å². The molecule has 0 aliphatic heterocycles. The van der Waals surface area contributed by atoms with E-state index in [1.165, 1.54) is 0 Å². The van der Waals surface area contributed by atoms with E-state index in [2.05, 4.69) is 12.1 Å². The molecule has 0 saturated heterocycles. The lowest BCUT2D eigenvalue weighted by molar-refractivity contribution is -0.215.